The van der Waals surface area contributed by atoms with Crippen LogP contribution in [0.2, 0.25) is 0 Å². The molecule has 1 spiro atoms. The van der Waals surface area contributed by atoms with Gasteiger partial charge in [-0.15, -0.1) is 0 Å². The van der Waals surface area contributed by atoms with E-state index in [4.69, 9.17) is 14.2 Å². The minimum absolute atomic E-state index is 0.0180. The molecule has 0 bridgehead atoms. The third-order valence-corrected chi connectivity index (χ3v) is 8.40. The van der Waals surface area contributed by atoms with Gasteiger partial charge in [-0.3, -0.25) is 0 Å². The first-order valence-electron chi connectivity index (χ1n) is 15.3. The van der Waals surface area contributed by atoms with E-state index < -0.39 is 23.2 Å². The molecule has 246 valence electrons. The van der Waals surface area contributed by atoms with Crippen LogP contribution in [0.15, 0.2) is 73.2 Å². The lowest BCUT2D eigenvalue weighted by Crippen LogP contribution is -2.57. The number of halogens is 4. The van der Waals surface area contributed by atoms with Crippen LogP contribution in [0.4, 0.5) is 23.2 Å². The van der Waals surface area contributed by atoms with Gasteiger partial charge in [0.1, 0.15) is 17.1 Å². The molecule has 6 rings (SSSR count). The highest BCUT2D eigenvalue weighted by molar-refractivity contribution is 5.83. The van der Waals surface area contributed by atoms with Gasteiger partial charge in [0.25, 0.3) is 0 Å². The average Bonchev–Trinajstić information content (AvgIpc) is 3.09. The molecule has 0 radical (unpaired) electrons. The van der Waals surface area contributed by atoms with Crippen molar-refractivity contribution in [2.45, 2.75) is 24.6 Å². The van der Waals surface area contributed by atoms with E-state index in [-0.39, 0.29) is 48.3 Å². The van der Waals surface area contributed by atoms with E-state index in [1.54, 1.807) is 54.5 Å². The van der Waals surface area contributed by atoms with Gasteiger partial charge in [0, 0.05) is 57.2 Å². The van der Waals surface area contributed by atoms with Crippen molar-refractivity contribution >= 4 is 17.6 Å². The molecule has 2 aromatic carbocycles. The fourth-order valence-electron chi connectivity index (χ4n) is 6.04. The maximum atomic E-state index is 16.0. The maximum Gasteiger partial charge on any atom is 0.422 e. The Morgan fingerprint density at radius 1 is 1.00 bits per heavy atom. The van der Waals surface area contributed by atoms with Crippen molar-refractivity contribution in [3.63, 3.8) is 0 Å². The van der Waals surface area contributed by atoms with E-state index in [1.165, 1.54) is 30.7 Å². The first-order chi connectivity index (χ1) is 22.7. The number of para-hydroxylation sites is 1. The molecule has 0 unspecified atom stereocenters. The third-order valence-electron chi connectivity index (χ3n) is 8.40. The Bertz CT molecular complexity index is 1680. The molecule has 4 aromatic rings. The monoisotopic (exact) mass is 650 g/mol. The first kappa shape index (κ1) is 32.5. The lowest BCUT2D eigenvalue weighted by atomic mass is 9.88. The predicted octanol–water partition coefficient (Wildman–Crippen LogP) is 6.53. The van der Waals surface area contributed by atoms with Gasteiger partial charge in [-0.1, -0.05) is 18.2 Å². The molecule has 4 heterocycles. The molecule has 13 heteroatoms. The van der Waals surface area contributed by atoms with Crippen molar-refractivity contribution in [3.05, 3.63) is 90.1 Å². The molecule has 47 heavy (non-hydrogen) atoms. The van der Waals surface area contributed by atoms with E-state index in [2.05, 4.69) is 25.1 Å². The van der Waals surface area contributed by atoms with Crippen LogP contribution in [-0.4, -0.2) is 83.7 Å². The summed E-state index contributed by atoms with van der Waals surface area (Å²) in [5.74, 6) is -1.30. The number of aromatic nitrogens is 4. The van der Waals surface area contributed by atoms with Gasteiger partial charge in [0.05, 0.1) is 42.6 Å². The fourth-order valence-corrected chi connectivity index (χ4v) is 6.04. The van der Waals surface area contributed by atoms with Crippen molar-refractivity contribution in [1.82, 2.24) is 25.1 Å². The molecule has 0 aliphatic carbocycles. The normalized spacial score (nSPS) is 17.2. The van der Waals surface area contributed by atoms with Crippen molar-refractivity contribution in [3.8, 4) is 22.8 Å². The number of hydrogen-bond acceptors (Lipinski definition) is 9. The summed E-state index contributed by atoms with van der Waals surface area (Å²) in [6.45, 7) is 3.41. The zero-order chi connectivity index (χ0) is 32.9. The number of methoxy groups -OCH3 is 1. The Morgan fingerprint density at radius 3 is 2.53 bits per heavy atom. The summed E-state index contributed by atoms with van der Waals surface area (Å²) in [7, 11) is 1.65. The molecule has 0 atom stereocenters. The molecule has 0 saturated carbocycles. The fraction of sp³-hybridized carbons (Fsp3) is 0.353. The molecule has 9 nitrogen and oxygen atoms in total. The highest BCUT2D eigenvalue weighted by Crippen LogP contribution is 2.48. The first-order valence-corrected chi connectivity index (χ1v) is 15.3. The molecule has 2 aliphatic heterocycles. The molecule has 2 fully saturated rings. The van der Waals surface area contributed by atoms with Gasteiger partial charge in [0.2, 0.25) is 0 Å². The van der Waals surface area contributed by atoms with Gasteiger partial charge in [-0.25, -0.2) is 14.4 Å². The zero-order valence-electron chi connectivity index (χ0n) is 25.8. The number of hydrogen-bond donors (Lipinski definition) is 0. The number of benzene rings is 2. The third kappa shape index (κ3) is 7.58. The Labute approximate surface area is 269 Å². The van der Waals surface area contributed by atoms with Crippen molar-refractivity contribution in [2.75, 3.05) is 57.9 Å². The van der Waals surface area contributed by atoms with Crippen LogP contribution in [0.1, 0.15) is 29.8 Å². The highest BCUT2D eigenvalue weighted by atomic mass is 19.4. The van der Waals surface area contributed by atoms with Crippen LogP contribution < -0.4 is 9.64 Å². The van der Waals surface area contributed by atoms with Crippen LogP contribution >= 0.6 is 0 Å². The Hall–Kier alpha value is -4.46. The van der Waals surface area contributed by atoms with Crippen LogP contribution in [0.25, 0.3) is 23.2 Å². The van der Waals surface area contributed by atoms with Crippen LogP contribution in [0, 0.1) is 0 Å². The Kier molecular flexibility index (Phi) is 9.76. The number of anilines is 1. The Morgan fingerprint density at radius 2 is 1.81 bits per heavy atom. The molecule has 0 N–H and O–H groups in total. The second-order valence-electron chi connectivity index (χ2n) is 11.5. The summed E-state index contributed by atoms with van der Waals surface area (Å²) in [5.41, 5.74) is -0.829. The van der Waals surface area contributed by atoms with Gasteiger partial charge in [-0.2, -0.15) is 23.4 Å². The van der Waals surface area contributed by atoms with Crippen molar-refractivity contribution in [2.24, 2.45) is 0 Å². The van der Waals surface area contributed by atoms with Crippen LogP contribution in [-0.2, 0) is 15.7 Å². The molecule has 2 saturated heterocycles. The topological polar surface area (TPSA) is 85.7 Å². The lowest BCUT2D eigenvalue weighted by molar-refractivity contribution is -0.138. The number of ether oxygens (including phenoxy) is 3. The van der Waals surface area contributed by atoms with E-state index >= 15 is 17.6 Å². The van der Waals surface area contributed by atoms with Gasteiger partial charge in [0.15, 0.2) is 11.7 Å². The summed E-state index contributed by atoms with van der Waals surface area (Å²) in [6.07, 6.45) is 1.83. The lowest BCUT2D eigenvalue weighted by Gasteiger charge is -2.48. The number of nitrogens with zero attached hydrogens (tertiary/aromatic N) is 6. The van der Waals surface area contributed by atoms with E-state index in [1.807, 2.05) is 0 Å². The number of likely N-dealkylation sites (tertiary alicyclic amines) is 1. The number of alkyl halides is 3. The highest BCUT2D eigenvalue weighted by Gasteiger charge is 2.45. The largest absolute Gasteiger partial charge is 0.457 e. The molecular formula is C34H34F4N6O3. The summed E-state index contributed by atoms with van der Waals surface area (Å²) in [6, 6.07) is 14.2. The molecule has 2 aromatic heterocycles. The van der Waals surface area contributed by atoms with Gasteiger partial charge < -0.3 is 24.0 Å². The van der Waals surface area contributed by atoms with E-state index in [0.717, 1.165) is 25.7 Å². The summed E-state index contributed by atoms with van der Waals surface area (Å²) in [5, 5.41) is 7.57. The predicted molar refractivity (Wildman–Crippen MR) is 168 cm³/mol. The molecule has 0 amide bonds. The van der Waals surface area contributed by atoms with Crippen molar-refractivity contribution in [1.29, 1.82) is 0 Å². The summed E-state index contributed by atoms with van der Waals surface area (Å²) < 4.78 is 78.7. The van der Waals surface area contributed by atoms with E-state index in [0.29, 0.717) is 30.7 Å². The van der Waals surface area contributed by atoms with Crippen molar-refractivity contribution < 1.29 is 31.8 Å². The van der Waals surface area contributed by atoms with Gasteiger partial charge in [-0.05, 0) is 55.3 Å². The SMILES string of the molecule is COCCN1CCC2(CC1)CN(c1c(/C=C(\F)c3nccc(-c4ccnnc4)n3)ccc(Oc3ccccc3)c1C(F)(F)F)CCO2. The number of rotatable bonds is 9. The summed E-state index contributed by atoms with van der Waals surface area (Å²) in [4.78, 5) is 12.3. The van der Waals surface area contributed by atoms with Crippen LogP contribution in [0.5, 0.6) is 11.5 Å². The van der Waals surface area contributed by atoms with E-state index in [9.17, 15) is 0 Å². The number of morpholine rings is 1. The molecule has 2 aliphatic rings. The number of piperidine rings is 1. The molecular weight excluding hydrogens is 616 g/mol. The second-order valence-corrected chi connectivity index (χ2v) is 11.5. The zero-order valence-corrected chi connectivity index (χ0v) is 25.8. The summed E-state index contributed by atoms with van der Waals surface area (Å²) >= 11 is 0. The average molecular weight is 651 g/mol. The second kappa shape index (κ2) is 14.1. The quantitative estimate of drug-likeness (QED) is 0.188. The van der Waals surface area contributed by atoms with Gasteiger partial charge >= 0.3 is 6.18 Å². The minimum Gasteiger partial charge on any atom is -0.457 e. The maximum absolute atomic E-state index is 16.0. The Balaban J connectivity index is 1.41. The van der Waals surface area contributed by atoms with Crippen LogP contribution in [0.3, 0.4) is 0 Å². The standard InChI is InChI=1S/C34H34F4N6O3/c1-45-19-17-43-15-11-33(12-16-43)23-44(18-20-46-33)31-24(7-8-29(30(31)34(36,37)38)47-26-5-3-2-4-6-26)21-27(35)32-39-13-10-28(42-32)25-9-14-40-41-22-25/h2-10,13-14,21-22H,11-12,15-20,23H2,1H3/b27-21-. The smallest absolute Gasteiger partial charge is 0.422 e. The minimum atomic E-state index is -4.83.